The molecule has 118 valence electrons. The summed E-state index contributed by atoms with van der Waals surface area (Å²) in [7, 11) is -3.28. The Kier molecular flexibility index (Phi) is 5.79. The van der Waals surface area contributed by atoms with Gasteiger partial charge in [0.25, 0.3) is 0 Å². The molecule has 0 spiro atoms. The SMILES string of the molecule is CC1CN(CCS(=O)(=O)c2ccc(Br)cc2)CC(CO)O1. The maximum absolute atomic E-state index is 12.3. The molecule has 1 heterocycles. The number of hydrogen-bond acceptors (Lipinski definition) is 5. The number of ether oxygens (including phenoxy) is 1. The third-order valence-corrected chi connectivity index (χ3v) is 5.69. The van der Waals surface area contributed by atoms with Gasteiger partial charge in [-0.25, -0.2) is 8.42 Å². The van der Waals surface area contributed by atoms with Gasteiger partial charge in [-0.05, 0) is 31.2 Å². The highest BCUT2D eigenvalue weighted by Gasteiger charge is 2.26. The van der Waals surface area contributed by atoms with Crippen LogP contribution in [0.2, 0.25) is 0 Å². The normalized spacial score (nSPS) is 24.1. The zero-order valence-corrected chi connectivity index (χ0v) is 14.3. The summed E-state index contributed by atoms with van der Waals surface area (Å²) in [6.07, 6.45) is -0.226. The fourth-order valence-electron chi connectivity index (χ4n) is 2.43. The number of aliphatic hydroxyl groups excluding tert-OH is 1. The van der Waals surface area contributed by atoms with E-state index in [2.05, 4.69) is 15.9 Å². The van der Waals surface area contributed by atoms with Crippen molar-refractivity contribution in [3.05, 3.63) is 28.7 Å². The number of rotatable bonds is 5. The maximum atomic E-state index is 12.3. The Morgan fingerprint density at radius 3 is 2.62 bits per heavy atom. The highest BCUT2D eigenvalue weighted by molar-refractivity contribution is 9.10. The number of sulfone groups is 1. The van der Waals surface area contributed by atoms with E-state index in [-0.39, 0.29) is 24.6 Å². The van der Waals surface area contributed by atoms with Gasteiger partial charge in [-0.3, -0.25) is 4.90 Å². The molecule has 1 aliphatic rings. The van der Waals surface area contributed by atoms with Gasteiger partial charge in [0, 0.05) is 24.1 Å². The Bertz CT molecular complexity index is 561. The second-order valence-corrected chi connectivity index (χ2v) is 8.31. The van der Waals surface area contributed by atoms with Gasteiger partial charge in [-0.2, -0.15) is 0 Å². The lowest BCUT2D eigenvalue weighted by Crippen LogP contribution is -2.49. The van der Waals surface area contributed by atoms with Gasteiger partial charge < -0.3 is 9.84 Å². The standard InChI is InChI=1S/C14H20BrNO4S/c1-11-8-16(9-13(10-17)20-11)6-7-21(18,19)14-4-2-12(15)3-5-14/h2-5,11,13,17H,6-10H2,1H3. The van der Waals surface area contributed by atoms with Crippen LogP contribution in [0.5, 0.6) is 0 Å². The minimum absolute atomic E-state index is 0.00582. The van der Waals surface area contributed by atoms with Crippen molar-refractivity contribution < 1.29 is 18.3 Å². The number of morpholine rings is 1. The van der Waals surface area contributed by atoms with Crippen LogP contribution >= 0.6 is 15.9 Å². The van der Waals surface area contributed by atoms with E-state index >= 15 is 0 Å². The highest BCUT2D eigenvalue weighted by Crippen LogP contribution is 2.17. The number of nitrogens with zero attached hydrogens (tertiary/aromatic N) is 1. The molecule has 2 atom stereocenters. The van der Waals surface area contributed by atoms with E-state index in [0.29, 0.717) is 24.5 Å². The summed E-state index contributed by atoms with van der Waals surface area (Å²) < 4.78 is 31.0. The Hall–Kier alpha value is -0.470. The summed E-state index contributed by atoms with van der Waals surface area (Å²) in [6, 6.07) is 6.67. The van der Waals surface area contributed by atoms with Crippen LogP contribution in [-0.2, 0) is 14.6 Å². The van der Waals surface area contributed by atoms with Gasteiger partial charge in [0.05, 0.1) is 29.5 Å². The molecule has 1 fully saturated rings. The maximum Gasteiger partial charge on any atom is 0.179 e. The van der Waals surface area contributed by atoms with Gasteiger partial charge in [0.15, 0.2) is 9.84 Å². The average molecular weight is 378 g/mol. The van der Waals surface area contributed by atoms with E-state index < -0.39 is 9.84 Å². The molecule has 21 heavy (non-hydrogen) atoms. The van der Waals surface area contributed by atoms with Gasteiger partial charge >= 0.3 is 0 Å². The summed E-state index contributed by atoms with van der Waals surface area (Å²) in [4.78, 5) is 2.37. The first kappa shape index (κ1) is 16.9. The van der Waals surface area contributed by atoms with E-state index in [4.69, 9.17) is 4.74 Å². The zero-order valence-electron chi connectivity index (χ0n) is 11.9. The first-order valence-corrected chi connectivity index (χ1v) is 9.32. The van der Waals surface area contributed by atoms with Gasteiger partial charge in [0.2, 0.25) is 0 Å². The molecule has 1 aliphatic heterocycles. The first-order valence-electron chi connectivity index (χ1n) is 6.87. The molecule has 2 rings (SSSR count). The van der Waals surface area contributed by atoms with E-state index in [1.807, 2.05) is 11.8 Å². The minimum atomic E-state index is -3.28. The molecule has 0 aliphatic carbocycles. The Balaban J connectivity index is 1.96. The molecule has 0 saturated carbocycles. The van der Waals surface area contributed by atoms with Crippen molar-refractivity contribution in [2.24, 2.45) is 0 Å². The number of aliphatic hydroxyl groups is 1. The molecule has 2 unspecified atom stereocenters. The Morgan fingerprint density at radius 2 is 2.00 bits per heavy atom. The predicted molar refractivity (Wildman–Crippen MR) is 84.1 cm³/mol. The molecule has 7 heteroatoms. The van der Waals surface area contributed by atoms with Crippen LogP contribution < -0.4 is 0 Å². The summed E-state index contributed by atoms with van der Waals surface area (Å²) in [5.41, 5.74) is 0. The predicted octanol–water partition coefficient (Wildman–Crippen LogP) is 1.30. The molecule has 0 radical (unpaired) electrons. The molecular weight excluding hydrogens is 358 g/mol. The highest BCUT2D eigenvalue weighted by atomic mass is 79.9. The zero-order chi connectivity index (χ0) is 15.5. The van der Waals surface area contributed by atoms with Crippen LogP contribution in [0.25, 0.3) is 0 Å². The van der Waals surface area contributed by atoms with Crippen molar-refractivity contribution in [3.63, 3.8) is 0 Å². The van der Waals surface area contributed by atoms with Crippen LogP contribution in [0.15, 0.2) is 33.6 Å². The second-order valence-electron chi connectivity index (χ2n) is 5.28. The van der Waals surface area contributed by atoms with Crippen molar-refractivity contribution in [2.75, 3.05) is 32.0 Å². The minimum Gasteiger partial charge on any atom is -0.394 e. The molecule has 1 N–H and O–H groups in total. The third kappa shape index (κ3) is 4.75. The summed E-state index contributed by atoms with van der Waals surface area (Å²) in [5.74, 6) is 0.0689. The molecule has 5 nitrogen and oxygen atoms in total. The molecule has 1 saturated heterocycles. The smallest absolute Gasteiger partial charge is 0.179 e. The van der Waals surface area contributed by atoms with Crippen molar-refractivity contribution in [1.29, 1.82) is 0 Å². The van der Waals surface area contributed by atoms with E-state index in [0.717, 1.165) is 4.47 Å². The van der Waals surface area contributed by atoms with Gasteiger partial charge in [0.1, 0.15) is 0 Å². The van der Waals surface area contributed by atoms with E-state index in [1.54, 1.807) is 24.3 Å². The van der Waals surface area contributed by atoms with Crippen LogP contribution in [-0.4, -0.2) is 62.6 Å². The monoisotopic (exact) mass is 377 g/mol. The number of halogens is 1. The van der Waals surface area contributed by atoms with E-state index in [9.17, 15) is 13.5 Å². The molecular formula is C14H20BrNO4S. The molecule has 0 aromatic heterocycles. The van der Waals surface area contributed by atoms with Crippen LogP contribution in [0, 0.1) is 0 Å². The lowest BCUT2D eigenvalue weighted by atomic mass is 10.2. The lowest BCUT2D eigenvalue weighted by Gasteiger charge is -2.35. The quantitative estimate of drug-likeness (QED) is 0.837. The Labute approximate surface area is 134 Å². The first-order chi connectivity index (χ1) is 9.90. The van der Waals surface area contributed by atoms with Crippen LogP contribution in [0.1, 0.15) is 6.92 Å². The van der Waals surface area contributed by atoms with Gasteiger partial charge in [-0.1, -0.05) is 15.9 Å². The summed E-state index contributed by atoms with van der Waals surface area (Å²) in [6.45, 7) is 3.59. The fraction of sp³-hybridized carbons (Fsp3) is 0.571. The molecule has 1 aromatic carbocycles. The van der Waals surface area contributed by atoms with Crippen molar-refractivity contribution in [3.8, 4) is 0 Å². The summed E-state index contributed by atoms with van der Waals surface area (Å²) >= 11 is 3.29. The summed E-state index contributed by atoms with van der Waals surface area (Å²) in [5, 5.41) is 9.18. The van der Waals surface area contributed by atoms with Gasteiger partial charge in [-0.15, -0.1) is 0 Å². The van der Waals surface area contributed by atoms with Crippen LogP contribution in [0.4, 0.5) is 0 Å². The number of hydrogen-bond donors (Lipinski definition) is 1. The topological polar surface area (TPSA) is 66.8 Å². The molecule has 1 aromatic rings. The Morgan fingerprint density at radius 1 is 1.33 bits per heavy atom. The third-order valence-electron chi connectivity index (χ3n) is 3.45. The second kappa shape index (κ2) is 7.19. The fourth-order valence-corrected chi connectivity index (χ4v) is 3.98. The van der Waals surface area contributed by atoms with Crippen molar-refractivity contribution in [1.82, 2.24) is 4.90 Å². The number of benzene rings is 1. The van der Waals surface area contributed by atoms with E-state index in [1.165, 1.54) is 0 Å². The van der Waals surface area contributed by atoms with Crippen molar-refractivity contribution >= 4 is 25.8 Å². The largest absolute Gasteiger partial charge is 0.394 e. The van der Waals surface area contributed by atoms with Crippen LogP contribution in [0.3, 0.4) is 0 Å². The van der Waals surface area contributed by atoms with Crippen molar-refractivity contribution in [2.45, 2.75) is 24.0 Å². The molecule has 0 bridgehead atoms. The average Bonchev–Trinajstić information content (AvgIpc) is 2.45. The lowest BCUT2D eigenvalue weighted by molar-refractivity contribution is -0.0936. The molecule has 0 amide bonds.